The Labute approximate surface area is 158 Å². The molecule has 4 nitrogen and oxygen atoms in total. The van der Waals surface area contributed by atoms with E-state index in [1.54, 1.807) is 6.07 Å². The molecule has 2 aromatic rings. The topological polar surface area (TPSA) is 64.5 Å². The van der Waals surface area contributed by atoms with Gasteiger partial charge in [-0.25, -0.2) is 0 Å². The van der Waals surface area contributed by atoms with Gasteiger partial charge in [-0.15, -0.1) is 0 Å². The van der Waals surface area contributed by atoms with E-state index in [2.05, 4.69) is 24.4 Å². The van der Waals surface area contributed by atoms with Crippen LogP contribution in [0.15, 0.2) is 30.6 Å². The highest BCUT2D eigenvalue weighted by molar-refractivity contribution is 6.43. The lowest BCUT2D eigenvalue weighted by molar-refractivity contribution is 0.373. The number of rotatable bonds is 8. The molecular formula is C19H20Cl2N4. The zero-order valence-corrected chi connectivity index (χ0v) is 15.6. The van der Waals surface area contributed by atoms with Gasteiger partial charge in [0.25, 0.3) is 0 Å². The van der Waals surface area contributed by atoms with Crippen LogP contribution in [-0.2, 0) is 0 Å². The van der Waals surface area contributed by atoms with Gasteiger partial charge in [-0.3, -0.25) is 5.32 Å². The molecule has 0 fully saturated rings. The van der Waals surface area contributed by atoms with Crippen LogP contribution in [0.25, 0.3) is 11.1 Å². The van der Waals surface area contributed by atoms with E-state index in [1.165, 1.54) is 0 Å². The van der Waals surface area contributed by atoms with Crippen molar-refractivity contribution >= 4 is 23.2 Å². The van der Waals surface area contributed by atoms with Gasteiger partial charge in [0.05, 0.1) is 27.8 Å². The maximum Gasteiger partial charge on any atom is 0.101 e. The van der Waals surface area contributed by atoms with E-state index in [-0.39, 0.29) is 6.17 Å². The Balaban J connectivity index is 2.38. The van der Waals surface area contributed by atoms with Crippen molar-refractivity contribution < 1.29 is 0 Å². The lowest BCUT2D eigenvalue weighted by atomic mass is 10.1. The van der Waals surface area contributed by atoms with Crippen LogP contribution in [0.1, 0.15) is 44.3 Å². The summed E-state index contributed by atoms with van der Waals surface area (Å²) in [7, 11) is 0. The number of hydrogen-bond donors (Lipinski definition) is 1. The molecule has 2 rings (SSSR count). The van der Waals surface area contributed by atoms with Crippen LogP contribution in [0.2, 0.25) is 10.0 Å². The van der Waals surface area contributed by atoms with E-state index in [4.69, 9.17) is 28.5 Å². The van der Waals surface area contributed by atoms with Crippen LogP contribution >= 0.6 is 23.2 Å². The van der Waals surface area contributed by atoms with Gasteiger partial charge in [-0.2, -0.15) is 10.5 Å². The molecule has 0 spiro atoms. The zero-order valence-electron chi connectivity index (χ0n) is 14.1. The van der Waals surface area contributed by atoms with Crippen LogP contribution in [0.4, 0.5) is 0 Å². The summed E-state index contributed by atoms with van der Waals surface area (Å²) in [4.78, 5) is 0. The Kier molecular flexibility index (Phi) is 7.34. The molecule has 1 aromatic carbocycles. The fraction of sp³-hybridized carbons (Fsp3) is 0.368. The van der Waals surface area contributed by atoms with Crippen molar-refractivity contribution in [1.82, 2.24) is 9.88 Å². The highest BCUT2D eigenvalue weighted by Crippen LogP contribution is 2.36. The molecule has 0 saturated carbocycles. The monoisotopic (exact) mass is 374 g/mol. The van der Waals surface area contributed by atoms with Crippen molar-refractivity contribution in [3.05, 3.63) is 46.2 Å². The van der Waals surface area contributed by atoms with E-state index in [0.717, 1.165) is 30.4 Å². The third kappa shape index (κ3) is 4.77. The standard InChI is InChI=1S/C19H20Cl2N4/c1-2-3-8-18(24-10-5-9-22)25-12-14(11-23)16(13-25)15-6-4-7-17(20)19(15)21/h4,6-7,12-13,18,24H,2-3,5,8,10H2,1H3. The van der Waals surface area contributed by atoms with E-state index < -0.39 is 0 Å². The Bertz CT molecular complexity index is 799. The fourth-order valence-corrected chi connectivity index (χ4v) is 3.12. The Morgan fingerprint density at radius 3 is 2.68 bits per heavy atom. The lowest BCUT2D eigenvalue weighted by Gasteiger charge is -2.20. The van der Waals surface area contributed by atoms with E-state index in [0.29, 0.717) is 28.6 Å². The van der Waals surface area contributed by atoms with Crippen molar-refractivity contribution in [3.63, 3.8) is 0 Å². The average molecular weight is 375 g/mol. The van der Waals surface area contributed by atoms with Crippen molar-refractivity contribution in [2.45, 2.75) is 38.8 Å². The first-order valence-corrected chi connectivity index (χ1v) is 9.04. The lowest BCUT2D eigenvalue weighted by Crippen LogP contribution is -2.26. The predicted octanol–water partition coefficient (Wildman–Crippen LogP) is 5.53. The first kappa shape index (κ1) is 19.3. The van der Waals surface area contributed by atoms with Crippen molar-refractivity contribution in [1.29, 1.82) is 10.5 Å². The predicted molar refractivity (Wildman–Crippen MR) is 101 cm³/mol. The Morgan fingerprint density at radius 1 is 1.20 bits per heavy atom. The average Bonchev–Trinajstić information content (AvgIpc) is 3.04. The highest BCUT2D eigenvalue weighted by Gasteiger charge is 2.17. The molecule has 1 N–H and O–H groups in total. The quantitative estimate of drug-likeness (QED) is 0.618. The summed E-state index contributed by atoms with van der Waals surface area (Å²) >= 11 is 12.4. The van der Waals surface area contributed by atoms with Gasteiger partial charge in [0.1, 0.15) is 6.07 Å². The van der Waals surface area contributed by atoms with Crippen molar-refractivity contribution in [2.75, 3.05) is 6.54 Å². The summed E-state index contributed by atoms with van der Waals surface area (Å²) in [5.41, 5.74) is 2.06. The summed E-state index contributed by atoms with van der Waals surface area (Å²) in [6, 6.07) is 9.79. The fourth-order valence-electron chi connectivity index (χ4n) is 2.72. The molecule has 0 aliphatic rings. The largest absolute Gasteiger partial charge is 0.337 e. The zero-order chi connectivity index (χ0) is 18.2. The van der Waals surface area contributed by atoms with Crippen LogP contribution in [0, 0.1) is 22.7 Å². The number of nitrogens with zero attached hydrogens (tertiary/aromatic N) is 3. The van der Waals surface area contributed by atoms with Gasteiger partial charge >= 0.3 is 0 Å². The maximum atomic E-state index is 9.52. The second-order valence-corrected chi connectivity index (χ2v) is 6.55. The molecule has 1 unspecified atom stereocenters. The molecule has 130 valence electrons. The SMILES string of the molecule is CCCCC(NCCC#N)n1cc(C#N)c(-c2cccc(Cl)c2Cl)c1. The molecule has 0 aliphatic carbocycles. The summed E-state index contributed by atoms with van der Waals surface area (Å²) in [5, 5.41) is 22.6. The number of benzene rings is 1. The van der Waals surface area contributed by atoms with Crippen LogP contribution in [0.5, 0.6) is 0 Å². The number of nitrogens with one attached hydrogen (secondary N) is 1. The van der Waals surface area contributed by atoms with Gasteiger partial charge < -0.3 is 4.57 Å². The number of aromatic nitrogens is 1. The third-order valence-corrected chi connectivity index (χ3v) is 4.84. The molecule has 6 heteroatoms. The molecule has 0 saturated heterocycles. The number of hydrogen-bond acceptors (Lipinski definition) is 3. The van der Waals surface area contributed by atoms with E-state index in [9.17, 15) is 5.26 Å². The molecule has 1 atom stereocenters. The van der Waals surface area contributed by atoms with Crippen molar-refractivity contribution in [3.8, 4) is 23.3 Å². The minimum Gasteiger partial charge on any atom is -0.337 e. The molecule has 25 heavy (non-hydrogen) atoms. The minimum absolute atomic E-state index is 0.0344. The highest BCUT2D eigenvalue weighted by atomic mass is 35.5. The van der Waals surface area contributed by atoms with Gasteiger partial charge in [0, 0.05) is 36.5 Å². The summed E-state index contributed by atoms with van der Waals surface area (Å²) in [6.07, 6.45) is 7.29. The first-order valence-electron chi connectivity index (χ1n) is 8.28. The summed E-state index contributed by atoms with van der Waals surface area (Å²) < 4.78 is 2.00. The molecule has 1 aromatic heterocycles. The number of unbranched alkanes of at least 4 members (excludes halogenated alkanes) is 1. The van der Waals surface area contributed by atoms with E-state index >= 15 is 0 Å². The normalized spacial score (nSPS) is 11.7. The van der Waals surface area contributed by atoms with Crippen molar-refractivity contribution in [2.24, 2.45) is 0 Å². The molecule has 0 bridgehead atoms. The molecule has 1 heterocycles. The Morgan fingerprint density at radius 2 is 2.00 bits per heavy atom. The van der Waals surface area contributed by atoms with Crippen LogP contribution in [0.3, 0.4) is 0 Å². The molecule has 0 aliphatic heterocycles. The smallest absolute Gasteiger partial charge is 0.101 e. The second-order valence-electron chi connectivity index (χ2n) is 5.77. The minimum atomic E-state index is 0.0344. The second kappa shape index (κ2) is 9.49. The molecular weight excluding hydrogens is 355 g/mol. The number of halogens is 2. The molecule has 0 radical (unpaired) electrons. The van der Waals surface area contributed by atoms with Crippen LogP contribution < -0.4 is 5.32 Å². The van der Waals surface area contributed by atoms with Gasteiger partial charge in [-0.05, 0) is 12.5 Å². The van der Waals surface area contributed by atoms with Crippen LogP contribution in [-0.4, -0.2) is 11.1 Å². The third-order valence-electron chi connectivity index (χ3n) is 4.02. The van der Waals surface area contributed by atoms with Gasteiger partial charge in [0.2, 0.25) is 0 Å². The summed E-state index contributed by atoms with van der Waals surface area (Å²) in [5.74, 6) is 0. The van der Waals surface area contributed by atoms with Gasteiger partial charge in [-0.1, -0.05) is 55.1 Å². The Hall–Kier alpha value is -1.98. The molecule has 0 amide bonds. The van der Waals surface area contributed by atoms with Gasteiger partial charge in [0.15, 0.2) is 0 Å². The summed E-state index contributed by atoms with van der Waals surface area (Å²) in [6.45, 7) is 2.75. The maximum absolute atomic E-state index is 9.52. The van der Waals surface area contributed by atoms with E-state index in [1.807, 2.05) is 29.1 Å². The first-order chi connectivity index (χ1) is 12.1. The number of nitriles is 2.